The molecule has 2 aliphatic heterocycles. The zero-order valence-electron chi connectivity index (χ0n) is 13.5. The van der Waals surface area contributed by atoms with Crippen LogP contribution in [0, 0.1) is 12.7 Å². The van der Waals surface area contributed by atoms with Gasteiger partial charge in [-0.15, -0.1) is 0 Å². The summed E-state index contributed by atoms with van der Waals surface area (Å²) in [5.74, 6) is -0.206. The summed E-state index contributed by atoms with van der Waals surface area (Å²) in [6.07, 6.45) is -1.04. The van der Waals surface area contributed by atoms with Gasteiger partial charge < -0.3 is 9.47 Å². The highest BCUT2D eigenvalue weighted by molar-refractivity contribution is 9.09. The highest BCUT2D eigenvalue weighted by Crippen LogP contribution is 2.53. The van der Waals surface area contributed by atoms with Gasteiger partial charge in [0.15, 0.2) is 6.61 Å². The van der Waals surface area contributed by atoms with E-state index in [9.17, 15) is 17.6 Å². The number of cyclic esters (lactones) is 1. The van der Waals surface area contributed by atoms with Gasteiger partial charge in [0, 0.05) is 5.56 Å². The minimum atomic E-state index is -4.25. The van der Waals surface area contributed by atoms with Crippen LogP contribution in [0.4, 0.5) is 9.18 Å². The maximum Gasteiger partial charge on any atom is 0.427 e. The van der Waals surface area contributed by atoms with Crippen molar-refractivity contribution in [1.82, 2.24) is 4.31 Å². The predicted octanol–water partition coefficient (Wildman–Crippen LogP) is 3.50. The summed E-state index contributed by atoms with van der Waals surface area (Å²) in [6, 6.07) is 9.92. The maximum absolute atomic E-state index is 13.6. The number of carbonyl (C=O) groups excluding carboxylic acids is 1. The van der Waals surface area contributed by atoms with Gasteiger partial charge in [0.25, 0.3) is 15.7 Å². The van der Waals surface area contributed by atoms with E-state index in [-0.39, 0.29) is 17.3 Å². The second-order valence-electron chi connectivity index (χ2n) is 6.13. The highest BCUT2D eigenvalue weighted by Gasteiger charge is 2.63. The predicted molar refractivity (Wildman–Crippen MR) is 93.0 cm³/mol. The van der Waals surface area contributed by atoms with Crippen molar-refractivity contribution in [3.8, 4) is 5.75 Å². The SMILES string of the molecule is Cc1ccc(S(=O)(=O)N2C(=O)OC[C@@]23Oc2ccc(F)cc2[C@@H]3Br)cc1. The maximum atomic E-state index is 13.6. The number of ether oxygens (including phenoxy) is 2. The van der Waals surface area contributed by atoms with Gasteiger partial charge >= 0.3 is 6.09 Å². The molecule has 1 spiro atoms. The molecule has 0 saturated carbocycles. The Kier molecular flexibility index (Phi) is 3.78. The molecule has 6 nitrogen and oxygen atoms in total. The van der Waals surface area contributed by atoms with Crippen molar-refractivity contribution >= 4 is 32.0 Å². The van der Waals surface area contributed by atoms with E-state index in [1.807, 2.05) is 6.92 Å². The van der Waals surface area contributed by atoms with Crippen LogP contribution in [0.15, 0.2) is 47.4 Å². The minimum absolute atomic E-state index is 0.0632. The number of hydrogen-bond acceptors (Lipinski definition) is 5. The molecule has 2 atom stereocenters. The molecule has 1 saturated heterocycles. The number of alkyl halides is 1. The Morgan fingerprint density at radius 3 is 2.62 bits per heavy atom. The summed E-state index contributed by atoms with van der Waals surface area (Å²) >= 11 is 3.37. The molecule has 2 aliphatic rings. The molecule has 1 amide bonds. The van der Waals surface area contributed by atoms with Gasteiger partial charge in [0.05, 0.1) is 4.90 Å². The number of nitrogens with zero attached hydrogens (tertiary/aromatic N) is 1. The Morgan fingerprint density at radius 1 is 1.23 bits per heavy atom. The molecule has 1 fully saturated rings. The molecule has 26 heavy (non-hydrogen) atoms. The third-order valence-corrected chi connectivity index (χ3v) is 7.41. The van der Waals surface area contributed by atoms with Crippen LogP contribution < -0.4 is 4.74 Å². The first-order chi connectivity index (χ1) is 12.3. The molecule has 0 bridgehead atoms. The molecule has 136 valence electrons. The number of hydrogen-bond donors (Lipinski definition) is 0. The topological polar surface area (TPSA) is 72.9 Å². The number of fused-ring (bicyclic) bond motifs is 1. The van der Waals surface area contributed by atoms with Crippen LogP contribution in [0.1, 0.15) is 16.0 Å². The molecule has 0 aromatic heterocycles. The van der Waals surface area contributed by atoms with Crippen molar-refractivity contribution in [2.24, 2.45) is 0 Å². The van der Waals surface area contributed by atoms with Crippen molar-refractivity contribution in [2.75, 3.05) is 6.61 Å². The van der Waals surface area contributed by atoms with Crippen LogP contribution in [-0.4, -0.2) is 31.1 Å². The number of benzene rings is 2. The van der Waals surface area contributed by atoms with Crippen molar-refractivity contribution in [1.29, 1.82) is 0 Å². The average molecular weight is 442 g/mol. The van der Waals surface area contributed by atoms with Crippen LogP contribution in [0.2, 0.25) is 0 Å². The summed E-state index contributed by atoms with van der Waals surface area (Å²) in [5.41, 5.74) is -0.370. The van der Waals surface area contributed by atoms with E-state index in [0.717, 1.165) is 5.56 Å². The van der Waals surface area contributed by atoms with Crippen LogP contribution in [-0.2, 0) is 14.8 Å². The molecule has 0 unspecified atom stereocenters. The molecule has 9 heteroatoms. The van der Waals surface area contributed by atoms with Crippen molar-refractivity contribution in [3.63, 3.8) is 0 Å². The largest absolute Gasteiger partial charge is 0.461 e. The third kappa shape index (κ3) is 2.34. The fraction of sp³-hybridized carbons (Fsp3) is 0.235. The molecule has 2 heterocycles. The van der Waals surface area contributed by atoms with E-state index < -0.39 is 32.5 Å². The Bertz CT molecular complexity index is 1010. The fourth-order valence-electron chi connectivity index (χ4n) is 3.10. The fourth-order valence-corrected chi connectivity index (χ4v) is 5.56. The molecular formula is C17H13BrFNO5S. The Labute approximate surface area is 157 Å². The number of aryl methyl sites for hydroxylation is 1. The lowest BCUT2D eigenvalue weighted by Gasteiger charge is -2.32. The minimum Gasteiger partial charge on any atom is -0.461 e. The molecule has 2 aromatic carbocycles. The summed E-state index contributed by atoms with van der Waals surface area (Å²) < 4.78 is 51.3. The molecule has 0 aliphatic carbocycles. The third-order valence-electron chi connectivity index (χ3n) is 4.40. The van der Waals surface area contributed by atoms with Crippen molar-refractivity contribution < 1.29 is 27.1 Å². The van der Waals surface area contributed by atoms with E-state index in [2.05, 4.69) is 15.9 Å². The van der Waals surface area contributed by atoms with E-state index >= 15 is 0 Å². The number of carbonyl (C=O) groups is 1. The average Bonchev–Trinajstić information content (AvgIpc) is 3.07. The monoisotopic (exact) mass is 441 g/mol. The van der Waals surface area contributed by atoms with Crippen molar-refractivity contribution in [2.45, 2.75) is 22.4 Å². The van der Waals surface area contributed by atoms with E-state index in [4.69, 9.17) is 9.47 Å². The first kappa shape index (κ1) is 17.3. The second-order valence-corrected chi connectivity index (χ2v) is 8.83. The number of sulfonamides is 1. The Hall–Kier alpha value is -2.13. The van der Waals surface area contributed by atoms with Gasteiger partial charge in [-0.2, -0.15) is 4.31 Å². The van der Waals surface area contributed by atoms with Gasteiger partial charge in [0.2, 0.25) is 0 Å². The standard InChI is InChI=1S/C17H13BrFNO5S/c1-10-2-5-12(6-3-10)26(22,23)20-16(21)24-9-17(20)15(18)13-8-11(19)4-7-14(13)25-17/h2-8,15H,9H2,1H3/t15-,17-/m0/s1. The van der Waals surface area contributed by atoms with Gasteiger partial charge in [-0.25, -0.2) is 17.6 Å². The van der Waals surface area contributed by atoms with Gasteiger partial charge in [-0.05, 0) is 37.3 Å². The summed E-state index contributed by atoms with van der Waals surface area (Å²) in [4.78, 5) is 11.5. The first-order valence-corrected chi connectivity index (χ1v) is 10.0. The number of rotatable bonds is 2. The molecule has 2 aromatic rings. The van der Waals surface area contributed by atoms with Gasteiger partial charge in [-0.3, -0.25) is 0 Å². The second kappa shape index (κ2) is 5.68. The van der Waals surface area contributed by atoms with Gasteiger partial charge in [-0.1, -0.05) is 33.6 Å². The smallest absolute Gasteiger partial charge is 0.427 e. The van der Waals surface area contributed by atoms with Crippen LogP contribution in [0.25, 0.3) is 0 Å². The van der Waals surface area contributed by atoms with Crippen LogP contribution in [0.5, 0.6) is 5.75 Å². The summed E-state index contributed by atoms with van der Waals surface area (Å²) in [5, 5.41) is 0. The zero-order valence-corrected chi connectivity index (χ0v) is 15.9. The molecule has 4 rings (SSSR count). The Balaban J connectivity index is 1.83. The number of halogens is 2. The lowest BCUT2D eigenvalue weighted by atomic mass is 10.1. The van der Waals surface area contributed by atoms with Crippen molar-refractivity contribution in [3.05, 3.63) is 59.4 Å². The number of amides is 1. The first-order valence-electron chi connectivity index (χ1n) is 7.67. The zero-order chi connectivity index (χ0) is 18.7. The van der Waals surface area contributed by atoms with E-state index in [1.54, 1.807) is 12.1 Å². The summed E-state index contributed by atoms with van der Waals surface area (Å²) in [6.45, 7) is 1.50. The normalized spacial score (nSPS) is 24.5. The lowest BCUT2D eigenvalue weighted by molar-refractivity contribution is 0.0193. The molecular weight excluding hydrogens is 429 g/mol. The van der Waals surface area contributed by atoms with Crippen LogP contribution >= 0.6 is 15.9 Å². The molecule has 0 radical (unpaired) electrons. The van der Waals surface area contributed by atoms with E-state index in [0.29, 0.717) is 9.87 Å². The quantitative estimate of drug-likeness (QED) is 0.666. The van der Waals surface area contributed by atoms with Crippen LogP contribution in [0.3, 0.4) is 0 Å². The van der Waals surface area contributed by atoms with Gasteiger partial charge in [0.1, 0.15) is 16.4 Å². The lowest BCUT2D eigenvalue weighted by Crippen LogP contribution is -2.54. The Morgan fingerprint density at radius 2 is 1.92 bits per heavy atom. The van der Waals surface area contributed by atoms with E-state index in [1.165, 1.54) is 30.3 Å². The molecule has 0 N–H and O–H groups in total. The summed E-state index contributed by atoms with van der Waals surface area (Å²) in [7, 11) is -4.25. The highest BCUT2D eigenvalue weighted by atomic mass is 79.9.